The number of hydrogen-bond acceptors (Lipinski definition) is 6. The van der Waals surface area contributed by atoms with Gasteiger partial charge in [0.1, 0.15) is 0 Å². The fourth-order valence-corrected chi connectivity index (χ4v) is 6.81. The van der Waals surface area contributed by atoms with Gasteiger partial charge in [-0.2, -0.15) is 0 Å². The van der Waals surface area contributed by atoms with Gasteiger partial charge >= 0.3 is 0 Å². The molecule has 0 aliphatic heterocycles. The Labute approximate surface area is 305 Å². The summed E-state index contributed by atoms with van der Waals surface area (Å²) in [4.78, 5) is 0. The third-order valence-corrected chi connectivity index (χ3v) is 10.0. The van der Waals surface area contributed by atoms with Crippen molar-refractivity contribution in [2.75, 3.05) is 28.4 Å². The van der Waals surface area contributed by atoms with E-state index in [4.69, 9.17) is 28.4 Å². The molecule has 0 bridgehead atoms. The molecule has 1 aliphatic carbocycles. The lowest BCUT2D eigenvalue weighted by Gasteiger charge is -2.27. The van der Waals surface area contributed by atoms with Crippen LogP contribution in [0.1, 0.15) is 101 Å². The summed E-state index contributed by atoms with van der Waals surface area (Å²) < 4.78 is 35.1. The summed E-state index contributed by atoms with van der Waals surface area (Å²) >= 11 is 0. The van der Waals surface area contributed by atoms with Gasteiger partial charge in [-0.05, 0) is 102 Å². The number of rotatable bonds is 16. The molecule has 0 fully saturated rings. The van der Waals surface area contributed by atoms with Crippen LogP contribution >= 0.6 is 0 Å². The summed E-state index contributed by atoms with van der Waals surface area (Å²) in [6, 6.07) is 21.7. The third-order valence-electron chi connectivity index (χ3n) is 10.0. The van der Waals surface area contributed by atoms with Crippen LogP contribution in [0.25, 0.3) is 35.4 Å². The molecule has 5 rings (SSSR count). The monoisotopic (exact) mass is 690 g/mol. The van der Waals surface area contributed by atoms with Crippen LogP contribution in [0.4, 0.5) is 0 Å². The second-order valence-electron chi connectivity index (χ2n) is 13.5. The molecule has 6 heteroatoms. The molecular weight excluding hydrogens is 636 g/mol. The Balaban J connectivity index is 1.45. The zero-order valence-electron chi connectivity index (χ0n) is 32.0. The SMILES string of the molecule is CCCC1(C)c2cc(/C=C/c3cc(OC)c(OC(C)CC)c(OC)c3)ccc2-c2ccc(/C=C/c3cc(OC)c(OC(C)CC)c(OC)c3)cc21. The molecule has 0 heterocycles. The molecule has 0 aromatic heterocycles. The van der Waals surface area contributed by atoms with Crippen molar-refractivity contribution in [2.24, 2.45) is 0 Å². The van der Waals surface area contributed by atoms with E-state index < -0.39 is 0 Å². The molecule has 51 heavy (non-hydrogen) atoms. The number of ether oxygens (including phenoxy) is 6. The standard InChI is InChI=1S/C45H54O6/c1-11-22-45(6)37-23-31(14-16-33-25-39(46-7)43(40(26-33)47-8)50-29(4)12-2)18-20-35(37)36-21-19-32(24-38(36)45)15-17-34-27-41(48-9)44(42(28-34)49-10)51-30(5)13-3/h14-21,23-30H,11-13,22H2,1-10H3/b16-14+,17-15+. The van der Waals surface area contributed by atoms with E-state index in [0.29, 0.717) is 34.5 Å². The van der Waals surface area contributed by atoms with E-state index in [9.17, 15) is 0 Å². The molecule has 4 aromatic carbocycles. The van der Waals surface area contributed by atoms with Crippen LogP contribution in [0, 0.1) is 0 Å². The summed E-state index contributed by atoms with van der Waals surface area (Å²) in [6.07, 6.45) is 12.5. The van der Waals surface area contributed by atoms with Crippen molar-refractivity contribution >= 4 is 24.3 Å². The summed E-state index contributed by atoms with van der Waals surface area (Å²) in [6.45, 7) is 12.9. The minimum absolute atomic E-state index is 0.0506. The molecular formula is C45H54O6. The second-order valence-corrected chi connectivity index (χ2v) is 13.5. The van der Waals surface area contributed by atoms with Crippen molar-refractivity contribution in [1.82, 2.24) is 0 Å². The molecule has 0 amide bonds. The first-order valence-corrected chi connectivity index (χ1v) is 18.1. The Morgan fingerprint density at radius 1 is 0.529 bits per heavy atom. The van der Waals surface area contributed by atoms with Crippen LogP contribution in [0.15, 0.2) is 60.7 Å². The van der Waals surface area contributed by atoms with Crippen LogP contribution in [0.2, 0.25) is 0 Å². The molecule has 6 nitrogen and oxygen atoms in total. The summed E-state index contributed by atoms with van der Waals surface area (Å²) in [5.41, 5.74) is 9.45. The Morgan fingerprint density at radius 2 is 0.882 bits per heavy atom. The van der Waals surface area contributed by atoms with Gasteiger partial charge in [0.2, 0.25) is 11.5 Å². The predicted octanol–water partition coefficient (Wildman–Crippen LogP) is 11.5. The van der Waals surface area contributed by atoms with Crippen molar-refractivity contribution < 1.29 is 28.4 Å². The van der Waals surface area contributed by atoms with Gasteiger partial charge in [0.15, 0.2) is 23.0 Å². The van der Waals surface area contributed by atoms with Crippen molar-refractivity contribution in [3.05, 3.63) is 94.0 Å². The van der Waals surface area contributed by atoms with Crippen molar-refractivity contribution in [2.45, 2.75) is 84.8 Å². The van der Waals surface area contributed by atoms with E-state index >= 15 is 0 Å². The minimum atomic E-state index is -0.115. The van der Waals surface area contributed by atoms with Gasteiger partial charge in [-0.15, -0.1) is 0 Å². The quantitative estimate of drug-likeness (QED) is 0.109. The fraction of sp³-hybridized carbons (Fsp3) is 0.378. The van der Waals surface area contributed by atoms with Crippen molar-refractivity contribution in [3.8, 4) is 45.6 Å². The second kappa shape index (κ2) is 16.5. The zero-order valence-corrected chi connectivity index (χ0v) is 32.0. The average molecular weight is 691 g/mol. The third kappa shape index (κ3) is 7.90. The molecule has 0 spiro atoms. The molecule has 4 aromatic rings. The highest BCUT2D eigenvalue weighted by Gasteiger charge is 2.38. The smallest absolute Gasteiger partial charge is 0.203 e. The van der Waals surface area contributed by atoms with Crippen molar-refractivity contribution in [1.29, 1.82) is 0 Å². The van der Waals surface area contributed by atoms with E-state index in [0.717, 1.165) is 47.9 Å². The topological polar surface area (TPSA) is 55.4 Å². The Hall–Kier alpha value is -4.84. The first-order chi connectivity index (χ1) is 24.6. The van der Waals surface area contributed by atoms with Gasteiger partial charge in [-0.3, -0.25) is 0 Å². The first-order valence-electron chi connectivity index (χ1n) is 18.1. The zero-order chi connectivity index (χ0) is 36.7. The van der Waals surface area contributed by atoms with Gasteiger partial charge in [0, 0.05) is 5.41 Å². The lowest BCUT2D eigenvalue weighted by atomic mass is 9.76. The van der Waals surface area contributed by atoms with Crippen LogP contribution in [0.5, 0.6) is 34.5 Å². The van der Waals surface area contributed by atoms with Gasteiger partial charge < -0.3 is 28.4 Å². The van der Waals surface area contributed by atoms with Crippen LogP contribution < -0.4 is 28.4 Å². The van der Waals surface area contributed by atoms with Crippen LogP contribution in [-0.4, -0.2) is 40.6 Å². The number of fused-ring (bicyclic) bond motifs is 3. The molecule has 2 unspecified atom stereocenters. The fourth-order valence-electron chi connectivity index (χ4n) is 6.81. The normalized spacial score (nSPS) is 16.1. The maximum Gasteiger partial charge on any atom is 0.203 e. The highest BCUT2D eigenvalue weighted by Crippen LogP contribution is 2.52. The Kier molecular flexibility index (Phi) is 12.1. The maximum absolute atomic E-state index is 6.14. The molecule has 0 saturated carbocycles. The van der Waals surface area contributed by atoms with Gasteiger partial charge in [0.25, 0.3) is 0 Å². The van der Waals surface area contributed by atoms with Crippen molar-refractivity contribution in [3.63, 3.8) is 0 Å². The molecule has 2 atom stereocenters. The van der Waals surface area contributed by atoms with Gasteiger partial charge in [-0.25, -0.2) is 0 Å². The maximum atomic E-state index is 6.14. The molecule has 0 radical (unpaired) electrons. The number of methoxy groups -OCH3 is 4. The van der Waals surface area contributed by atoms with Gasteiger partial charge in [-0.1, -0.05) is 94.8 Å². The summed E-state index contributed by atoms with van der Waals surface area (Å²) in [5.74, 6) is 3.90. The van der Waals surface area contributed by atoms with Crippen LogP contribution in [-0.2, 0) is 5.41 Å². The highest BCUT2D eigenvalue weighted by atomic mass is 16.5. The lowest BCUT2D eigenvalue weighted by Crippen LogP contribution is -2.20. The Bertz CT molecular complexity index is 1710. The van der Waals surface area contributed by atoms with Crippen LogP contribution in [0.3, 0.4) is 0 Å². The molecule has 270 valence electrons. The van der Waals surface area contributed by atoms with E-state index in [-0.39, 0.29) is 17.6 Å². The summed E-state index contributed by atoms with van der Waals surface area (Å²) in [7, 11) is 6.65. The number of benzene rings is 4. The van der Waals surface area contributed by atoms with E-state index in [1.165, 1.54) is 22.3 Å². The van der Waals surface area contributed by atoms with E-state index in [2.05, 4.69) is 88.4 Å². The highest BCUT2D eigenvalue weighted by molar-refractivity contribution is 5.85. The summed E-state index contributed by atoms with van der Waals surface area (Å²) in [5, 5.41) is 0. The lowest BCUT2D eigenvalue weighted by molar-refractivity contribution is 0.198. The molecule has 0 saturated heterocycles. The molecule has 1 aliphatic rings. The molecule has 0 N–H and O–H groups in total. The minimum Gasteiger partial charge on any atom is -0.493 e. The largest absolute Gasteiger partial charge is 0.493 e. The number of hydrogen-bond donors (Lipinski definition) is 0. The predicted molar refractivity (Wildman–Crippen MR) is 211 cm³/mol. The Morgan fingerprint density at radius 3 is 1.20 bits per heavy atom. The van der Waals surface area contributed by atoms with E-state index in [1.54, 1.807) is 28.4 Å². The first kappa shape index (κ1) is 37.4. The van der Waals surface area contributed by atoms with E-state index in [1.807, 2.05) is 38.1 Å². The van der Waals surface area contributed by atoms with Gasteiger partial charge in [0.05, 0.1) is 40.6 Å². The average Bonchev–Trinajstić information content (AvgIpc) is 3.39.